The van der Waals surface area contributed by atoms with Gasteiger partial charge in [-0.2, -0.15) is 0 Å². The lowest BCUT2D eigenvalue weighted by atomic mass is 10.2. The summed E-state index contributed by atoms with van der Waals surface area (Å²) in [6.07, 6.45) is 0. The van der Waals surface area contributed by atoms with Crippen molar-refractivity contribution in [2.75, 3.05) is 33.3 Å². The van der Waals surface area contributed by atoms with Crippen LogP contribution in [-0.2, 0) is 11.3 Å². The lowest BCUT2D eigenvalue weighted by Gasteiger charge is -2.33. The zero-order valence-electron chi connectivity index (χ0n) is 13.9. The fourth-order valence-corrected chi connectivity index (χ4v) is 3.53. The van der Waals surface area contributed by atoms with Crippen LogP contribution in [0.4, 0.5) is 0 Å². The molecule has 7 heteroatoms. The average molecular weight is 368 g/mol. The molecular weight excluding hydrogens is 346 g/mol. The van der Waals surface area contributed by atoms with Gasteiger partial charge in [-0.1, -0.05) is 0 Å². The number of amides is 1. The van der Waals surface area contributed by atoms with E-state index in [0.29, 0.717) is 0 Å². The molecule has 3 rings (SSSR count). The monoisotopic (exact) mass is 367 g/mol. The van der Waals surface area contributed by atoms with Crippen molar-refractivity contribution in [2.45, 2.75) is 13.5 Å². The Morgan fingerprint density at radius 2 is 1.88 bits per heavy atom. The summed E-state index contributed by atoms with van der Waals surface area (Å²) in [5, 5.41) is 3.22. The maximum atomic E-state index is 11.4. The maximum absolute atomic E-state index is 11.4. The van der Waals surface area contributed by atoms with Gasteiger partial charge in [0.1, 0.15) is 10.8 Å². The molecule has 0 aliphatic carbocycles. The van der Waals surface area contributed by atoms with Crippen LogP contribution in [0.1, 0.15) is 11.9 Å². The number of halogens is 1. The molecule has 2 heterocycles. The van der Waals surface area contributed by atoms with Crippen molar-refractivity contribution in [3.05, 3.63) is 34.7 Å². The third kappa shape index (κ3) is 4.47. The van der Waals surface area contributed by atoms with E-state index in [1.807, 2.05) is 29.2 Å². The minimum absolute atomic E-state index is 0. The summed E-state index contributed by atoms with van der Waals surface area (Å²) in [6, 6.07) is 7.97. The van der Waals surface area contributed by atoms with E-state index >= 15 is 0 Å². The molecule has 1 saturated heterocycles. The van der Waals surface area contributed by atoms with Crippen LogP contribution in [-0.4, -0.2) is 54.0 Å². The molecule has 0 radical (unpaired) electrons. The van der Waals surface area contributed by atoms with Crippen molar-refractivity contribution in [3.63, 3.8) is 0 Å². The van der Waals surface area contributed by atoms with Crippen molar-refractivity contribution in [2.24, 2.45) is 0 Å². The van der Waals surface area contributed by atoms with Gasteiger partial charge < -0.3 is 9.64 Å². The Balaban J connectivity index is 0.00000208. The Morgan fingerprint density at radius 3 is 2.46 bits per heavy atom. The third-order valence-electron chi connectivity index (χ3n) is 4.11. The Bertz CT molecular complexity index is 667. The number of hydrogen-bond acceptors (Lipinski definition) is 5. The quantitative estimate of drug-likeness (QED) is 0.833. The molecule has 1 fully saturated rings. The van der Waals surface area contributed by atoms with Crippen molar-refractivity contribution in [3.8, 4) is 17.0 Å². The molecule has 0 atom stereocenters. The molecule has 1 aromatic heterocycles. The van der Waals surface area contributed by atoms with Gasteiger partial charge >= 0.3 is 0 Å². The zero-order chi connectivity index (χ0) is 16.2. The number of aromatic nitrogens is 1. The fourth-order valence-electron chi connectivity index (χ4n) is 2.69. The Morgan fingerprint density at radius 1 is 1.21 bits per heavy atom. The minimum atomic E-state index is 0. The zero-order valence-corrected chi connectivity index (χ0v) is 15.5. The van der Waals surface area contributed by atoms with Crippen molar-refractivity contribution in [1.82, 2.24) is 14.8 Å². The molecule has 0 spiro atoms. The largest absolute Gasteiger partial charge is 0.497 e. The van der Waals surface area contributed by atoms with E-state index < -0.39 is 0 Å². The molecule has 1 aromatic carbocycles. The first kappa shape index (κ1) is 18.7. The molecule has 2 aromatic rings. The van der Waals surface area contributed by atoms with Crippen LogP contribution < -0.4 is 4.74 Å². The fraction of sp³-hybridized carbons (Fsp3) is 0.412. The smallest absolute Gasteiger partial charge is 0.219 e. The number of ether oxygens (including phenoxy) is 1. The van der Waals surface area contributed by atoms with Gasteiger partial charge in [0, 0.05) is 44.0 Å². The molecule has 1 amide bonds. The predicted molar refractivity (Wildman–Crippen MR) is 98.9 cm³/mol. The second kappa shape index (κ2) is 8.46. The number of piperazine rings is 1. The Kier molecular flexibility index (Phi) is 6.60. The summed E-state index contributed by atoms with van der Waals surface area (Å²) in [5.74, 6) is 1.02. The maximum Gasteiger partial charge on any atom is 0.219 e. The Hall–Kier alpha value is -1.63. The highest BCUT2D eigenvalue weighted by Crippen LogP contribution is 2.25. The molecule has 0 unspecified atom stereocenters. The van der Waals surface area contributed by atoms with Gasteiger partial charge in [-0.05, 0) is 24.3 Å². The van der Waals surface area contributed by atoms with E-state index in [1.54, 1.807) is 25.4 Å². The summed E-state index contributed by atoms with van der Waals surface area (Å²) in [7, 11) is 1.67. The highest BCUT2D eigenvalue weighted by atomic mass is 35.5. The number of rotatable bonds is 4. The SMILES string of the molecule is COc1ccc(-c2csc(CN3CCN(C(C)=O)CC3)n2)cc1.Cl. The van der Waals surface area contributed by atoms with Crippen LogP contribution in [0.25, 0.3) is 11.3 Å². The number of methoxy groups -OCH3 is 1. The molecule has 1 aliphatic heterocycles. The normalized spacial score (nSPS) is 15.0. The summed E-state index contributed by atoms with van der Waals surface area (Å²) in [5.41, 5.74) is 2.12. The van der Waals surface area contributed by atoms with E-state index in [2.05, 4.69) is 10.3 Å². The highest BCUT2D eigenvalue weighted by Gasteiger charge is 2.19. The molecule has 0 saturated carbocycles. The number of nitrogens with zero attached hydrogens (tertiary/aromatic N) is 3. The molecule has 24 heavy (non-hydrogen) atoms. The van der Waals surface area contributed by atoms with E-state index in [0.717, 1.165) is 54.7 Å². The van der Waals surface area contributed by atoms with Crippen LogP contribution in [0.5, 0.6) is 5.75 Å². The second-order valence-corrected chi connectivity index (χ2v) is 6.58. The predicted octanol–water partition coefficient (Wildman–Crippen LogP) is 2.90. The topological polar surface area (TPSA) is 45.7 Å². The van der Waals surface area contributed by atoms with Gasteiger partial charge in [0.15, 0.2) is 0 Å². The van der Waals surface area contributed by atoms with Gasteiger partial charge in [-0.15, -0.1) is 23.7 Å². The summed E-state index contributed by atoms with van der Waals surface area (Å²) < 4.78 is 5.18. The van der Waals surface area contributed by atoms with E-state index in [-0.39, 0.29) is 18.3 Å². The number of thiazole rings is 1. The standard InChI is InChI=1S/C17H21N3O2S.ClH/c1-13(21)20-9-7-19(8-10-20)11-17-18-16(12-23-17)14-3-5-15(22-2)6-4-14;/h3-6,12H,7-11H2,1-2H3;1H. The van der Waals surface area contributed by atoms with Crippen LogP contribution in [0.3, 0.4) is 0 Å². The number of hydrogen-bond donors (Lipinski definition) is 0. The second-order valence-electron chi connectivity index (χ2n) is 5.64. The first-order valence-corrected chi connectivity index (χ1v) is 8.60. The lowest BCUT2D eigenvalue weighted by Crippen LogP contribution is -2.47. The average Bonchev–Trinajstić information content (AvgIpc) is 3.04. The Labute approximate surface area is 152 Å². The van der Waals surface area contributed by atoms with Gasteiger partial charge in [0.25, 0.3) is 0 Å². The molecule has 130 valence electrons. The molecule has 0 bridgehead atoms. The molecule has 5 nitrogen and oxygen atoms in total. The highest BCUT2D eigenvalue weighted by molar-refractivity contribution is 7.09. The van der Waals surface area contributed by atoms with E-state index in [1.165, 1.54) is 0 Å². The van der Waals surface area contributed by atoms with Crippen LogP contribution in [0.2, 0.25) is 0 Å². The minimum Gasteiger partial charge on any atom is -0.497 e. The first-order valence-electron chi connectivity index (χ1n) is 7.72. The van der Waals surface area contributed by atoms with Gasteiger partial charge in [-0.3, -0.25) is 9.69 Å². The first-order chi connectivity index (χ1) is 11.2. The molecule has 1 aliphatic rings. The van der Waals surface area contributed by atoms with Crippen LogP contribution in [0.15, 0.2) is 29.6 Å². The third-order valence-corrected chi connectivity index (χ3v) is 4.95. The van der Waals surface area contributed by atoms with Crippen molar-refractivity contribution < 1.29 is 9.53 Å². The van der Waals surface area contributed by atoms with Crippen molar-refractivity contribution >= 4 is 29.7 Å². The van der Waals surface area contributed by atoms with E-state index in [4.69, 9.17) is 9.72 Å². The lowest BCUT2D eigenvalue weighted by molar-refractivity contribution is -0.130. The summed E-state index contributed by atoms with van der Waals surface area (Å²) in [4.78, 5) is 20.4. The van der Waals surface area contributed by atoms with Crippen molar-refractivity contribution in [1.29, 1.82) is 0 Å². The summed E-state index contributed by atoms with van der Waals surface area (Å²) in [6.45, 7) is 5.94. The molecular formula is C17H22ClN3O2S. The van der Waals surface area contributed by atoms with Gasteiger partial charge in [0.2, 0.25) is 5.91 Å². The molecule has 0 N–H and O–H groups in total. The van der Waals surface area contributed by atoms with Gasteiger partial charge in [-0.25, -0.2) is 4.98 Å². The number of carbonyl (C=O) groups excluding carboxylic acids is 1. The summed E-state index contributed by atoms with van der Waals surface area (Å²) >= 11 is 1.69. The van der Waals surface area contributed by atoms with Crippen LogP contribution >= 0.6 is 23.7 Å². The van der Waals surface area contributed by atoms with Crippen LogP contribution in [0, 0.1) is 0 Å². The number of carbonyl (C=O) groups is 1. The van der Waals surface area contributed by atoms with Gasteiger partial charge in [0.05, 0.1) is 19.3 Å². The van der Waals surface area contributed by atoms with E-state index in [9.17, 15) is 4.79 Å². The number of benzene rings is 1.